The lowest BCUT2D eigenvalue weighted by molar-refractivity contribution is 0.0779. The highest BCUT2D eigenvalue weighted by molar-refractivity contribution is 6.01. The monoisotopic (exact) mass is 464 g/mol. The Morgan fingerprint density at radius 2 is 1.85 bits per heavy atom. The molecule has 2 aromatic heterocycles. The molecule has 4 N–H and O–H groups in total. The molecule has 4 aromatic rings. The minimum atomic E-state index is -1.17. The summed E-state index contributed by atoms with van der Waals surface area (Å²) in [5, 5.41) is 29.7. The first-order valence-corrected chi connectivity index (χ1v) is 10.6. The van der Waals surface area contributed by atoms with Crippen LogP contribution in [0.5, 0.6) is 0 Å². The molecule has 0 saturated heterocycles. The van der Waals surface area contributed by atoms with E-state index in [1.54, 1.807) is 36.4 Å². The molecule has 1 amide bonds. The van der Waals surface area contributed by atoms with Crippen LogP contribution in [-0.2, 0) is 0 Å². The summed E-state index contributed by atoms with van der Waals surface area (Å²) in [5.74, 6) is -1.68. The molecule has 4 rings (SSSR count). The van der Waals surface area contributed by atoms with Crippen LogP contribution >= 0.6 is 0 Å². The SMILES string of the molecule is O=C(N[C@@H](CCO)C(O)c1ccccn1)c1cccc(F)c1-c1cc(-c2ccc(F)cc2)n[nH]1. The van der Waals surface area contributed by atoms with Crippen LogP contribution in [0.1, 0.15) is 28.6 Å². The van der Waals surface area contributed by atoms with E-state index in [0.29, 0.717) is 17.0 Å². The summed E-state index contributed by atoms with van der Waals surface area (Å²) >= 11 is 0. The Morgan fingerprint density at radius 3 is 2.56 bits per heavy atom. The van der Waals surface area contributed by atoms with Crippen molar-refractivity contribution in [2.24, 2.45) is 0 Å². The van der Waals surface area contributed by atoms with Crippen molar-refractivity contribution in [3.63, 3.8) is 0 Å². The van der Waals surface area contributed by atoms with Gasteiger partial charge in [0, 0.05) is 23.9 Å². The number of hydrogen-bond donors (Lipinski definition) is 4. The maximum absolute atomic E-state index is 14.9. The van der Waals surface area contributed by atoms with Gasteiger partial charge in [-0.05, 0) is 61.0 Å². The van der Waals surface area contributed by atoms with Crippen molar-refractivity contribution in [1.29, 1.82) is 0 Å². The molecular weight excluding hydrogens is 442 g/mol. The van der Waals surface area contributed by atoms with Gasteiger partial charge in [-0.3, -0.25) is 14.9 Å². The van der Waals surface area contributed by atoms with E-state index in [2.05, 4.69) is 20.5 Å². The summed E-state index contributed by atoms with van der Waals surface area (Å²) in [5.41, 5.74) is 1.67. The first kappa shape index (κ1) is 23.2. The Bertz CT molecular complexity index is 1260. The van der Waals surface area contributed by atoms with Crippen LogP contribution in [0.4, 0.5) is 8.78 Å². The molecule has 0 bridgehead atoms. The molecule has 2 heterocycles. The van der Waals surface area contributed by atoms with E-state index >= 15 is 0 Å². The van der Waals surface area contributed by atoms with Gasteiger partial charge in [-0.2, -0.15) is 5.10 Å². The molecule has 0 saturated carbocycles. The third kappa shape index (κ3) is 5.00. The highest BCUT2D eigenvalue weighted by Gasteiger charge is 2.26. The third-order valence-corrected chi connectivity index (χ3v) is 5.37. The van der Waals surface area contributed by atoms with Gasteiger partial charge in [-0.15, -0.1) is 0 Å². The van der Waals surface area contributed by atoms with Crippen LogP contribution < -0.4 is 5.32 Å². The second-order valence-electron chi connectivity index (χ2n) is 7.63. The zero-order valence-electron chi connectivity index (χ0n) is 18.0. The van der Waals surface area contributed by atoms with Gasteiger partial charge in [0.05, 0.1) is 28.7 Å². The van der Waals surface area contributed by atoms with Crippen LogP contribution in [0, 0.1) is 11.6 Å². The van der Waals surface area contributed by atoms with Crippen molar-refractivity contribution in [2.75, 3.05) is 6.61 Å². The molecule has 0 radical (unpaired) electrons. The first-order chi connectivity index (χ1) is 16.5. The molecular formula is C25H22F2N4O3. The number of carbonyl (C=O) groups excluding carboxylic acids is 1. The van der Waals surface area contributed by atoms with Gasteiger partial charge in [-0.1, -0.05) is 12.1 Å². The number of aliphatic hydroxyl groups excluding tert-OH is 2. The lowest BCUT2D eigenvalue weighted by Crippen LogP contribution is -2.40. The fourth-order valence-corrected chi connectivity index (χ4v) is 3.66. The number of aliphatic hydroxyl groups is 2. The standard InChI is InChI=1S/C25H22F2N4O3/c26-16-9-7-15(8-10-16)21-14-22(31-30-21)23-17(4-3-5-18(23)27)25(34)29-20(11-13-32)24(33)19-6-1-2-12-28-19/h1-10,12,14,20,24,32-33H,11,13H2,(H,29,34)(H,30,31)/t20-,24?/m0/s1. The summed E-state index contributed by atoms with van der Waals surface area (Å²) in [4.78, 5) is 17.3. The fraction of sp³-hybridized carbons (Fsp3) is 0.160. The van der Waals surface area contributed by atoms with Gasteiger partial charge in [-0.25, -0.2) is 8.78 Å². The average molecular weight is 464 g/mol. The molecule has 34 heavy (non-hydrogen) atoms. The maximum atomic E-state index is 14.9. The normalized spacial score (nSPS) is 12.8. The number of H-pyrrole nitrogens is 1. The number of pyridine rings is 1. The molecule has 0 aliphatic heterocycles. The number of aromatic amines is 1. The molecule has 9 heteroatoms. The predicted octanol–water partition coefficient (Wildman–Crippen LogP) is 3.63. The Balaban J connectivity index is 1.63. The average Bonchev–Trinajstić information content (AvgIpc) is 3.34. The van der Waals surface area contributed by atoms with E-state index in [9.17, 15) is 23.8 Å². The summed E-state index contributed by atoms with van der Waals surface area (Å²) in [6, 6.07) is 15.5. The number of hydrogen-bond acceptors (Lipinski definition) is 5. The summed E-state index contributed by atoms with van der Waals surface area (Å²) in [6.45, 7) is -0.285. The lowest BCUT2D eigenvalue weighted by atomic mass is 10.00. The van der Waals surface area contributed by atoms with Crippen molar-refractivity contribution in [2.45, 2.75) is 18.6 Å². The zero-order chi connectivity index (χ0) is 24.1. The molecule has 2 aromatic carbocycles. The fourth-order valence-electron chi connectivity index (χ4n) is 3.66. The number of halogens is 2. The Labute approximate surface area is 194 Å². The van der Waals surface area contributed by atoms with E-state index in [0.717, 1.165) is 0 Å². The molecule has 2 atom stereocenters. The van der Waals surface area contributed by atoms with Crippen molar-refractivity contribution < 1.29 is 23.8 Å². The molecule has 7 nitrogen and oxygen atoms in total. The number of nitrogens with one attached hydrogen (secondary N) is 2. The number of aromatic nitrogens is 3. The molecule has 1 unspecified atom stereocenters. The van der Waals surface area contributed by atoms with Gasteiger partial charge in [0.2, 0.25) is 0 Å². The summed E-state index contributed by atoms with van der Waals surface area (Å²) < 4.78 is 28.1. The smallest absolute Gasteiger partial charge is 0.252 e. The van der Waals surface area contributed by atoms with Crippen molar-refractivity contribution in [3.05, 3.63) is 95.8 Å². The Morgan fingerprint density at radius 1 is 1.06 bits per heavy atom. The number of rotatable bonds is 8. The second kappa shape index (κ2) is 10.3. The van der Waals surface area contributed by atoms with Gasteiger partial charge in [0.25, 0.3) is 5.91 Å². The Kier molecular flexibility index (Phi) is 7.05. The molecule has 0 spiro atoms. The van der Waals surface area contributed by atoms with Gasteiger partial charge >= 0.3 is 0 Å². The second-order valence-corrected chi connectivity index (χ2v) is 7.63. The van der Waals surface area contributed by atoms with Gasteiger partial charge in [0.15, 0.2) is 0 Å². The Hall–Kier alpha value is -3.95. The minimum Gasteiger partial charge on any atom is -0.396 e. The lowest BCUT2D eigenvalue weighted by Gasteiger charge is -2.23. The number of nitrogens with zero attached hydrogens (tertiary/aromatic N) is 2. The third-order valence-electron chi connectivity index (χ3n) is 5.37. The van der Waals surface area contributed by atoms with Gasteiger partial charge in [0.1, 0.15) is 17.7 Å². The van der Waals surface area contributed by atoms with Crippen molar-refractivity contribution in [1.82, 2.24) is 20.5 Å². The maximum Gasteiger partial charge on any atom is 0.252 e. The molecule has 0 fully saturated rings. The topological polar surface area (TPSA) is 111 Å². The molecule has 0 aliphatic carbocycles. The van der Waals surface area contributed by atoms with Crippen LogP contribution in [0.25, 0.3) is 22.5 Å². The first-order valence-electron chi connectivity index (χ1n) is 10.6. The quantitative estimate of drug-likeness (QED) is 0.318. The van der Waals surface area contributed by atoms with Gasteiger partial charge < -0.3 is 15.5 Å². The number of carbonyl (C=O) groups is 1. The van der Waals surface area contributed by atoms with E-state index in [1.165, 1.54) is 36.5 Å². The van der Waals surface area contributed by atoms with Crippen LogP contribution in [-0.4, -0.2) is 44.0 Å². The van der Waals surface area contributed by atoms with E-state index in [4.69, 9.17) is 0 Å². The summed E-state index contributed by atoms with van der Waals surface area (Å²) in [7, 11) is 0. The minimum absolute atomic E-state index is 0.00376. The van der Waals surface area contributed by atoms with E-state index in [1.807, 2.05) is 0 Å². The molecule has 174 valence electrons. The van der Waals surface area contributed by atoms with Crippen LogP contribution in [0.2, 0.25) is 0 Å². The van der Waals surface area contributed by atoms with E-state index in [-0.39, 0.29) is 29.8 Å². The highest BCUT2D eigenvalue weighted by Crippen LogP contribution is 2.29. The molecule has 0 aliphatic rings. The summed E-state index contributed by atoms with van der Waals surface area (Å²) in [6.07, 6.45) is 0.400. The zero-order valence-corrected chi connectivity index (χ0v) is 18.0. The van der Waals surface area contributed by atoms with Crippen molar-refractivity contribution >= 4 is 5.91 Å². The van der Waals surface area contributed by atoms with E-state index < -0.39 is 29.7 Å². The van der Waals surface area contributed by atoms with Crippen molar-refractivity contribution in [3.8, 4) is 22.5 Å². The highest BCUT2D eigenvalue weighted by atomic mass is 19.1. The van der Waals surface area contributed by atoms with Crippen LogP contribution in [0.3, 0.4) is 0 Å². The predicted molar refractivity (Wildman–Crippen MR) is 122 cm³/mol. The number of amides is 1. The van der Waals surface area contributed by atoms with Crippen LogP contribution in [0.15, 0.2) is 72.9 Å². The number of benzene rings is 2. The largest absolute Gasteiger partial charge is 0.396 e.